The lowest BCUT2D eigenvalue weighted by Crippen LogP contribution is -2.44. The normalized spacial score (nSPS) is 22.1. The van der Waals surface area contributed by atoms with Gasteiger partial charge in [-0.2, -0.15) is 0 Å². The van der Waals surface area contributed by atoms with Crippen molar-refractivity contribution in [1.29, 1.82) is 0 Å². The molecule has 2 aliphatic carbocycles. The summed E-state index contributed by atoms with van der Waals surface area (Å²) < 4.78 is 7.61. The number of aromatic nitrogens is 3. The first-order chi connectivity index (χ1) is 16.6. The standard InChI is InChI=1S/C25H25N5O3S/c1-14-27-28-24-25(6-7-25)26-21(16-4-2-3-5-18(16)31)20-17-12-15(13-19(17)34-23(20)30(14)24)22(32)29-8-10-33-11-9-29/h2-5,15,31H,6-13H2,1H3/t15-/m0/s1. The number of amides is 1. The summed E-state index contributed by atoms with van der Waals surface area (Å²) in [6, 6.07) is 7.41. The first kappa shape index (κ1) is 20.3. The number of fused-ring (bicyclic) bond motifs is 6. The predicted octanol–water partition coefficient (Wildman–Crippen LogP) is 2.76. The average molecular weight is 476 g/mol. The molecule has 7 rings (SSSR count). The summed E-state index contributed by atoms with van der Waals surface area (Å²) in [5.74, 6) is 2.11. The minimum absolute atomic E-state index is 0.0603. The lowest BCUT2D eigenvalue weighted by molar-refractivity contribution is -0.139. The van der Waals surface area contributed by atoms with Crippen molar-refractivity contribution in [2.45, 2.75) is 38.1 Å². The maximum absolute atomic E-state index is 13.3. The van der Waals surface area contributed by atoms with Crippen molar-refractivity contribution in [2.75, 3.05) is 26.3 Å². The molecule has 0 radical (unpaired) electrons. The summed E-state index contributed by atoms with van der Waals surface area (Å²) in [7, 11) is 0. The average Bonchev–Trinajstić information content (AvgIpc) is 3.19. The Morgan fingerprint density at radius 3 is 2.74 bits per heavy atom. The van der Waals surface area contributed by atoms with E-state index in [9.17, 15) is 9.90 Å². The van der Waals surface area contributed by atoms with Crippen molar-refractivity contribution in [3.05, 3.63) is 57.5 Å². The van der Waals surface area contributed by atoms with Gasteiger partial charge in [0.05, 0.1) is 18.9 Å². The third kappa shape index (κ3) is 2.86. The summed E-state index contributed by atoms with van der Waals surface area (Å²) in [5, 5.41) is 20.8. The first-order valence-electron chi connectivity index (χ1n) is 11.9. The third-order valence-corrected chi connectivity index (χ3v) is 8.76. The van der Waals surface area contributed by atoms with Gasteiger partial charge in [0.25, 0.3) is 0 Å². The molecular formula is C25H25N5O3S. The highest BCUT2D eigenvalue weighted by Crippen LogP contribution is 2.54. The van der Waals surface area contributed by atoms with Crippen molar-refractivity contribution in [3.63, 3.8) is 0 Å². The van der Waals surface area contributed by atoms with Gasteiger partial charge >= 0.3 is 0 Å². The van der Waals surface area contributed by atoms with Crippen molar-refractivity contribution in [3.8, 4) is 10.8 Å². The number of ether oxygens (including phenoxy) is 1. The molecule has 1 saturated heterocycles. The number of carbonyl (C=O) groups is 1. The Morgan fingerprint density at radius 1 is 1.18 bits per heavy atom. The molecule has 1 spiro atoms. The summed E-state index contributed by atoms with van der Waals surface area (Å²) in [6.45, 7) is 4.53. The molecule has 2 fully saturated rings. The molecule has 2 aromatic heterocycles. The summed E-state index contributed by atoms with van der Waals surface area (Å²) in [5.41, 5.74) is 3.37. The fourth-order valence-electron chi connectivity index (χ4n) is 5.59. The zero-order valence-corrected chi connectivity index (χ0v) is 19.8. The molecule has 9 heteroatoms. The highest BCUT2D eigenvalue weighted by Gasteiger charge is 2.52. The number of para-hydroxylation sites is 1. The van der Waals surface area contributed by atoms with Gasteiger partial charge in [-0.15, -0.1) is 21.5 Å². The van der Waals surface area contributed by atoms with Crippen molar-refractivity contribution >= 4 is 23.0 Å². The molecule has 1 saturated carbocycles. The van der Waals surface area contributed by atoms with Gasteiger partial charge in [0.15, 0.2) is 5.82 Å². The number of nitrogens with zero attached hydrogens (tertiary/aromatic N) is 5. The van der Waals surface area contributed by atoms with Crippen LogP contribution in [-0.2, 0) is 27.9 Å². The number of hydrogen-bond acceptors (Lipinski definition) is 7. The quantitative estimate of drug-likeness (QED) is 0.615. The molecule has 0 bridgehead atoms. The van der Waals surface area contributed by atoms with E-state index < -0.39 is 5.54 Å². The van der Waals surface area contributed by atoms with E-state index in [-0.39, 0.29) is 17.6 Å². The van der Waals surface area contributed by atoms with Gasteiger partial charge in [0, 0.05) is 35.0 Å². The zero-order valence-electron chi connectivity index (χ0n) is 19.0. The molecule has 1 atom stereocenters. The third-order valence-electron chi connectivity index (χ3n) is 7.52. The Bertz CT molecular complexity index is 1360. The van der Waals surface area contributed by atoms with Gasteiger partial charge in [-0.3, -0.25) is 14.4 Å². The lowest BCUT2D eigenvalue weighted by atomic mass is 9.96. The van der Waals surface area contributed by atoms with Crippen LogP contribution >= 0.6 is 11.3 Å². The van der Waals surface area contributed by atoms with E-state index in [2.05, 4.69) is 14.8 Å². The topological polar surface area (TPSA) is 92.8 Å². The Morgan fingerprint density at radius 2 is 1.97 bits per heavy atom. The van der Waals surface area contributed by atoms with Crippen LogP contribution in [0, 0.1) is 12.8 Å². The lowest BCUT2D eigenvalue weighted by Gasteiger charge is -2.29. The highest BCUT2D eigenvalue weighted by atomic mass is 32.1. The van der Waals surface area contributed by atoms with Crippen molar-refractivity contribution in [1.82, 2.24) is 19.7 Å². The largest absolute Gasteiger partial charge is 0.507 e. The van der Waals surface area contributed by atoms with Crippen LogP contribution in [0.3, 0.4) is 0 Å². The molecule has 174 valence electrons. The number of thiophene rings is 1. The van der Waals surface area contributed by atoms with Crippen LogP contribution in [0.1, 0.15) is 46.1 Å². The van der Waals surface area contributed by atoms with Crippen molar-refractivity contribution in [2.24, 2.45) is 10.9 Å². The van der Waals surface area contributed by atoms with Crippen LogP contribution in [0.15, 0.2) is 29.3 Å². The van der Waals surface area contributed by atoms with Gasteiger partial charge in [-0.05, 0) is 50.3 Å². The van der Waals surface area contributed by atoms with Crippen LogP contribution < -0.4 is 0 Å². The maximum Gasteiger partial charge on any atom is 0.226 e. The van der Waals surface area contributed by atoms with Gasteiger partial charge in [0.2, 0.25) is 5.91 Å². The second-order valence-electron chi connectivity index (χ2n) is 9.64. The van der Waals surface area contributed by atoms with E-state index >= 15 is 0 Å². The van der Waals surface area contributed by atoms with E-state index in [1.807, 2.05) is 30.0 Å². The summed E-state index contributed by atoms with van der Waals surface area (Å²) in [4.78, 5) is 21.8. The molecule has 8 nitrogen and oxygen atoms in total. The SMILES string of the molecule is Cc1nnc2n1-c1sc3c(c1C(c1ccccc1O)=NC21CC1)C[C@H](C(=O)N1CCOCC1)C3. The summed E-state index contributed by atoms with van der Waals surface area (Å²) >= 11 is 1.72. The molecule has 4 aliphatic rings. The van der Waals surface area contributed by atoms with E-state index in [1.165, 1.54) is 10.4 Å². The Kier molecular flexibility index (Phi) is 4.32. The van der Waals surface area contributed by atoms with Crippen LogP contribution in [0.4, 0.5) is 0 Å². The molecule has 4 heterocycles. The molecular weight excluding hydrogens is 450 g/mol. The number of aryl methyl sites for hydroxylation is 1. The predicted molar refractivity (Wildman–Crippen MR) is 127 cm³/mol. The van der Waals surface area contributed by atoms with Gasteiger partial charge < -0.3 is 14.7 Å². The van der Waals surface area contributed by atoms with Crippen LogP contribution in [-0.4, -0.2) is 62.7 Å². The second kappa shape index (κ2) is 7.23. The molecule has 34 heavy (non-hydrogen) atoms. The Hall–Kier alpha value is -3.04. The molecule has 1 amide bonds. The number of carbonyl (C=O) groups excluding carboxylic acids is 1. The fraction of sp³-hybridized carbons (Fsp3) is 0.440. The number of aromatic hydroxyl groups is 1. The number of hydrogen-bond donors (Lipinski definition) is 1. The monoisotopic (exact) mass is 475 g/mol. The minimum atomic E-state index is -0.397. The zero-order chi connectivity index (χ0) is 23.0. The molecule has 2 aliphatic heterocycles. The van der Waals surface area contributed by atoms with Gasteiger partial charge in [0.1, 0.15) is 22.1 Å². The van der Waals surface area contributed by atoms with Crippen LogP contribution in [0.25, 0.3) is 5.00 Å². The van der Waals surface area contributed by atoms with E-state index in [0.717, 1.165) is 52.8 Å². The maximum atomic E-state index is 13.3. The van der Waals surface area contributed by atoms with E-state index in [4.69, 9.17) is 9.73 Å². The van der Waals surface area contributed by atoms with Crippen LogP contribution in [0.5, 0.6) is 5.75 Å². The van der Waals surface area contributed by atoms with Crippen LogP contribution in [0.2, 0.25) is 0 Å². The smallest absolute Gasteiger partial charge is 0.226 e. The van der Waals surface area contributed by atoms with E-state index in [0.29, 0.717) is 32.7 Å². The minimum Gasteiger partial charge on any atom is -0.507 e. The first-order valence-corrected chi connectivity index (χ1v) is 12.7. The second-order valence-corrected chi connectivity index (χ2v) is 10.7. The molecule has 0 unspecified atom stereocenters. The number of phenols is 1. The number of aliphatic imine (C=N–C) groups is 1. The number of morpholine rings is 1. The van der Waals surface area contributed by atoms with Gasteiger partial charge in [-0.25, -0.2) is 0 Å². The summed E-state index contributed by atoms with van der Waals surface area (Å²) in [6.07, 6.45) is 3.25. The fourth-order valence-corrected chi connectivity index (χ4v) is 7.05. The molecule has 1 aromatic carbocycles. The molecule has 1 N–H and O–H groups in total. The highest BCUT2D eigenvalue weighted by molar-refractivity contribution is 7.15. The number of benzene rings is 1. The van der Waals surface area contributed by atoms with Crippen molar-refractivity contribution < 1.29 is 14.6 Å². The number of phenolic OH excluding ortho intramolecular Hbond substituents is 1. The van der Waals surface area contributed by atoms with E-state index in [1.54, 1.807) is 17.4 Å². The van der Waals surface area contributed by atoms with Gasteiger partial charge in [-0.1, -0.05) is 12.1 Å². The number of rotatable bonds is 2. The Balaban J connectivity index is 1.38. The molecule has 3 aromatic rings. The Labute approximate surface area is 200 Å².